The zero-order valence-electron chi connectivity index (χ0n) is 24.4. The van der Waals surface area contributed by atoms with Crippen molar-refractivity contribution in [2.75, 3.05) is 27.1 Å². The lowest BCUT2D eigenvalue weighted by molar-refractivity contribution is -0.130. The lowest BCUT2D eigenvalue weighted by Crippen LogP contribution is -2.28. The minimum atomic E-state index is -0.338. The van der Waals surface area contributed by atoms with Crippen molar-refractivity contribution in [2.24, 2.45) is 5.10 Å². The molecule has 0 unspecified atom stereocenters. The normalized spacial score (nSPS) is 14.5. The maximum absolute atomic E-state index is 14.0. The van der Waals surface area contributed by atoms with Crippen LogP contribution in [-0.2, 0) is 11.3 Å². The minimum Gasteiger partial charge on any atom is -0.497 e. The Hall–Kier alpha value is -4.69. The van der Waals surface area contributed by atoms with E-state index < -0.39 is 0 Å². The number of carbonyl (C=O) groups is 1. The van der Waals surface area contributed by atoms with E-state index in [1.165, 1.54) is 17.3 Å². The number of carbonyl (C=O) groups excluding carboxylic acids is 1. The van der Waals surface area contributed by atoms with Crippen molar-refractivity contribution in [3.8, 4) is 17.2 Å². The molecular formula is C35H33N3O4S. The van der Waals surface area contributed by atoms with Gasteiger partial charge in [-0.1, -0.05) is 60.7 Å². The van der Waals surface area contributed by atoms with Crippen molar-refractivity contribution in [2.45, 2.75) is 23.9 Å². The third-order valence-corrected chi connectivity index (χ3v) is 8.71. The second-order valence-electron chi connectivity index (χ2n) is 10.2. The average molecular weight is 592 g/mol. The highest BCUT2D eigenvalue weighted by Gasteiger charge is 2.35. The number of rotatable bonds is 10. The summed E-state index contributed by atoms with van der Waals surface area (Å²) in [4.78, 5) is 15.0. The van der Waals surface area contributed by atoms with Crippen molar-refractivity contribution in [1.29, 1.82) is 0 Å². The highest BCUT2D eigenvalue weighted by Crippen LogP contribution is 2.42. The maximum Gasteiger partial charge on any atom is 0.253 e. The summed E-state index contributed by atoms with van der Waals surface area (Å²) in [6, 6.07) is 31.9. The summed E-state index contributed by atoms with van der Waals surface area (Å²) in [5.41, 5.74) is 4.99. The lowest BCUT2D eigenvalue weighted by Gasteiger charge is -2.24. The molecule has 8 heteroatoms. The van der Waals surface area contributed by atoms with Crippen LogP contribution in [0.3, 0.4) is 0 Å². The number of aromatic nitrogens is 1. The molecule has 0 radical (unpaired) electrons. The number of hydrogen-bond acceptors (Lipinski definition) is 6. The molecule has 6 rings (SSSR count). The van der Waals surface area contributed by atoms with Crippen LogP contribution in [0.1, 0.15) is 29.2 Å². The largest absolute Gasteiger partial charge is 0.497 e. The van der Waals surface area contributed by atoms with Crippen LogP contribution in [0.15, 0.2) is 113 Å². The Labute approximate surface area is 255 Å². The third kappa shape index (κ3) is 5.83. The number of fused-ring (bicyclic) bond motifs is 1. The first-order valence-electron chi connectivity index (χ1n) is 14.1. The van der Waals surface area contributed by atoms with E-state index in [2.05, 4.69) is 53.2 Å². The SMILES string of the molecule is COc1ccc(C2=NN(C(=O)CSc3cn(Cc4ccccc4)c4ccccc34)[C@@H](c3cccc(OC)c3OC)C2)cc1. The van der Waals surface area contributed by atoms with Crippen LogP contribution in [-0.4, -0.2) is 48.3 Å². The van der Waals surface area contributed by atoms with Gasteiger partial charge in [0, 0.05) is 40.5 Å². The number of thioether (sulfide) groups is 1. The van der Waals surface area contributed by atoms with Gasteiger partial charge in [-0.15, -0.1) is 11.8 Å². The minimum absolute atomic E-state index is 0.0803. The van der Waals surface area contributed by atoms with Gasteiger partial charge in [-0.3, -0.25) is 4.79 Å². The monoisotopic (exact) mass is 591 g/mol. The van der Waals surface area contributed by atoms with Crippen molar-refractivity contribution in [3.05, 3.63) is 120 Å². The molecule has 1 aliphatic heterocycles. The average Bonchev–Trinajstić information content (AvgIpc) is 3.66. The van der Waals surface area contributed by atoms with E-state index in [1.54, 1.807) is 26.3 Å². The number of nitrogens with zero attached hydrogens (tertiary/aromatic N) is 3. The molecule has 0 N–H and O–H groups in total. The van der Waals surface area contributed by atoms with Gasteiger partial charge in [-0.05, 0) is 47.5 Å². The summed E-state index contributed by atoms with van der Waals surface area (Å²) in [7, 11) is 4.88. The highest BCUT2D eigenvalue weighted by molar-refractivity contribution is 8.00. The van der Waals surface area contributed by atoms with Crippen LogP contribution in [0.5, 0.6) is 17.2 Å². The van der Waals surface area contributed by atoms with Gasteiger partial charge in [-0.2, -0.15) is 5.10 Å². The van der Waals surface area contributed by atoms with Crippen molar-refractivity contribution in [3.63, 3.8) is 0 Å². The van der Waals surface area contributed by atoms with Gasteiger partial charge in [0.2, 0.25) is 0 Å². The number of benzene rings is 4. The molecule has 1 atom stereocenters. The van der Waals surface area contributed by atoms with Gasteiger partial charge >= 0.3 is 0 Å². The molecule has 0 spiro atoms. The third-order valence-electron chi connectivity index (χ3n) is 7.68. The number of ether oxygens (including phenoxy) is 3. The van der Waals surface area contributed by atoms with E-state index in [1.807, 2.05) is 54.6 Å². The number of para-hydroxylation sites is 2. The van der Waals surface area contributed by atoms with E-state index in [9.17, 15) is 4.79 Å². The Balaban J connectivity index is 1.30. The highest BCUT2D eigenvalue weighted by atomic mass is 32.2. The number of hydrogen-bond donors (Lipinski definition) is 0. The second-order valence-corrected chi connectivity index (χ2v) is 11.2. The molecule has 0 fully saturated rings. The van der Waals surface area contributed by atoms with Crippen LogP contribution >= 0.6 is 11.8 Å². The van der Waals surface area contributed by atoms with Crippen LogP contribution < -0.4 is 14.2 Å². The molecule has 43 heavy (non-hydrogen) atoms. The fourth-order valence-electron chi connectivity index (χ4n) is 5.56. The summed E-state index contributed by atoms with van der Waals surface area (Å²) in [6.07, 6.45) is 2.69. The quantitative estimate of drug-likeness (QED) is 0.161. The predicted octanol–water partition coefficient (Wildman–Crippen LogP) is 7.19. The fraction of sp³-hybridized carbons (Fsp3) is 0.200. The van der Waals surface area contributed by atoms with Crippen molar-refractivity contribution < 1.29 is 19.0 Å². The first-order chi connectivity index (χ1) is 21.1. The van der Waals surface area contributed by atoms with E-state index >= 15 is 0 Å². The van der Waals surface area contributed by atoms with E-state index in [0.29, 0.717) is 17.9 Å². The number of methoxy groups -OCH3 is 3. The Morgan fingerprint density at radius 1 is 0.860 bits per heavy atom. The Kier molecular flexibility index (Phi) is 8.38. The van der Waals surface area contributed by atoms with E-state index in [0.717, 1.165) is 44.9 Å². The van der Waals surface area contributed by atoms with Gasteiger partial charge in [0.25, 0.3) is 5.91 Å². The first-order valence-corrected chi connectivity index (χ1v) is 15.1. The molecule has 4 aromatic carbocycles. The second kappa shape index (κ2) is 12.7. The molecule has 0 bridgehead atoms. The molecule has 1 amide bonds. The van der Waals surface area contributed by atoms with Gasteiger partial charge in [0.15, 0.2) is 11.5 Å². The first kappa shape index (κ1) is 28.4. The standard InChI is InChI=1S/C35H33N3O4S/c1-40-26-18-16-25(17-19-26)29-20-31(28-13-9-15-32(41-2)35(28)42-3)38(36-29)34(39)23-43-33-22-37(21-24-10-5-4-6-11-24)30-14-8-7-12-27(30)33/h4-19,22,31H,20-21,23H2,1-3H3/t31-/m1/s1. The summed E-state index contributed by atoms with van der Waals surface area (Å²) in [5.74, 6) is 2.15. The van der Waals surface area contributed by atoms with Gasteiger partial charge < -0.3 is 18.8 Å². The molecule has 0 saturated heterocycles. The molecular weight excluding hydrogens is 558 g/mol. The van der Waals surface area contributed by atoms with Crippen LogP contribution in [0, 0.1) is 0 Å². The molecule has 1 aliphatic rings. The van der Waals surface area contributed by atoms with Crippen molar-refractivity contribution >= 4 is 34.3 Å². The maximum atomic E-state index is 14.0. The molecule has 5 aromatic rings. The molecule has 2 heterocycles. The summed E-state index contributed by atoms with van der Waals surface area (Å²) >= 11 is 1.54. The summed E-state index contributed by atoms with van der Waals surface area (Å²) < 4.78 is 18.9. The molecule has 0 aliphatic carbocycles. The lowest BCUT2D eigenvalue weighted by atomic mass is 9.97. The number of hydrazone groups is 1. The Bertz CT molecular complexity index is 1770. The fourth-order valence-corrected chi connectivity index (χ4v) is 6.50. The van der Waals surface area contributed by atoms with Gasteiger partial charge in [0.1, 0.15) is 5.75 Å². The zero-order valence-corrected chi connectivity index (χ0v) is 25.2. The summed E-state index contributed by atoms with van der Waals surface area (Å²) in [6.45, 7) is 0.759. The van der Waals surface area contributed by atoms with Crippen LogP contribution in [0.2, 0.25) is 0 Å². The van der Waals surface area contributed by atoms with Crippen LogP contribution in [0.25, 0.3) is 10.9 Å². The van der Waals surface area contributed by atoms with E-state index in [4.69, 9.17) is 19.3 Å². The molecule has 7 nitrogen and oxygen atoms in total. The Morgan fingerprint density at radius 3 is 2.37 bits per heavy atom. The number of amides is 1. The van der Waals surface area contributed by atoms with Gasteiger partial charge in [0.05, 0.1) is 38.8 Å². The smallest absolute Gasteiger partial charge is 0.253 e. The van der Waals surface area contributed by atoms with Crippen LogP contribution in [0.4, 0.5) is 0 Å². The molecule has 1 aromatic heterocycles. The van der Waals surface area contributed by atoms with E-state index in [-0.39, 0.29) is 17.7 Å². The molecule has 218 valence electrons. The Morgan fingerprint density at radius 2 is 1.63 bits per heavy atom. The van der Waals surface area contributed by atoms with Gasteiger partial charge in [-0.25, -0.2) is 5.01 Å². The topological polar surface area (TPSA) is 65.3 Å². The molecule has 0 saturated carbocycles. The zero-order chi connectivity index (χ0) is 29.8. The summed E-state index contributed by atoms with van der Waals surface area (Å²) in [5, 5.41) is 7.63. The van der Waals surface area contributed by atoms with Crippen molar-refractivity contribution in [1.82, 2.24) is 9.58 Å². The predicted molar refractivity (Wildman–Crippen MR) is 171 cm³/mol.